The van der Waals surface area contributed by atoms with Crippen LogP contribution in [0.3, 0.4) is 0 Å². The lowest BCUT2D eigenvalue weighted by atomic mass is 9.91. The van der Waals surface area contributed by atoms with Crippen molar-refractivity contribution in [2.24, 2.45) is 5.92 Å². The average Bonchev–Trinajstić information content (AvgIpc) is 2.01. The van der Waals surface area contributed by atoms with E-state index in [1.165, 1.54) is 0 Å². The summed E-state index contributed by atoms with van der Waals surface area (Å²) < 4.78 is 0. The molecule has 0 spiro atoms. The van der Waals surface area contributed by atoms with Gasteiger partial charge in [0, 0.05) is 18.7 Å². The second kappa shape index (κ2) is 5.10. The van der Waals surface area contributed by atoms with Gasteiger partial charge in [-0.05, 0) is 33.1 Å². The van der Waals surface area contributed by atoms with E-state index in [-0.39, 0.29) is 18.1 Å². The maximum atomic E-state index is 10.00. The highest BCUT2D eigenvalue weighted by Gasteiger charge is 2.27. The fraction of sp³-hybridized carbons (Fsp3) is 1.00. The number of β-amino-alcohol motifs (C(OH)–C–C–N with tert-alkyl or cyclic N) is 1. The van der Waals surface area contributed by atoms with Gasteiger partial charge in [0.15, 0.2) is 0 Å². The van der Waals surface area contributed by atoms with E-state index < -0.39 is 5.60 Å². The number of hydrogen-bond donors (Lipinski definition) is 3. The Kier molecular flexibility index (Phi) is 5.06. The van der Waals surface area contributed by atoms with Crippen LogP contribution in [0.5, 0.6) is 0 Å². The van der Waals surface area contributed by atoms with Crippen LogP contribution < -0.4 is 5.32 Å². The molecule has 1 atom stereocenters. The molecule has 3 nitrogen and oxygen atoms in total. The van der Waals surface area contributed by atoms with Crippen molar-refractivity contribution in [3.63, 3.8) is 0 Å². The average molecular weight is 203 g/mol. The third-order valence-corrected chi connectivity index (χ3v) is 2.91. The molecule has 0 fully saturated rings. The number of hydrogen-bond acceptors (Lipinski definition) is 3. The summed E-state index contributed by atoms with van der Waals surface area (Å²) in [7, 11) is 0. The van der Waals surface area contributed by atoms with Gasteiger partial charge < -0.3 is 15.5 Å². The number of rotatable bonds is 6. The molecule has 0 saturated heterocycles. The van der Waals surface area contributed by atoms with E-state index in [2.05, 4.69) is 5.32 Å². The van der Waals surface area contributed by atoms with Gasteiger partial charge in [-0.15, -0.1) is 0 Å². The Bertz CT molecular complexity index is 165. The molecule has 0 aliphatic carbocycles. The lowest BCUT2D eigenvalue weighted by Gasteiger charge is -2.34. The Hall–Kier alpha value is -0.120. The summed E-state index contributed by atoms with van der Waals surface area (Å²) in [4.78, 5) is 0. The molecule has 0 heterocycles. The lowest BCUT2D eigenvalue weighted by molar-refractivity contribution is 0.00700. The minimum Gasteiger partial charge on any atom is -0.396 e. The molecule has 0 saturated carbocycles. The molecule has 0 aromatic heterocycles. The molecule has 0 radical (unpaired) electrons. The summed E-state index contributed by atoms with van der Waals surface area (Å²) in [6.45, 7) is 10.6. The molecule has 0 aromatic carbocycles. The smallest absolute Gasteiger partial charge is 0.0766 e. The predicted molar refractivity (Wildman–Crippen MR) is 59.2 cm³/mol. The first-order valence-corrected chi connectivity index (χ1v) is 5.29. The van der Waals surface area contributed by atoms with Crippen molar-refractivity contribution in [3.05, 3.63) is 0 Å². The predicted octanol–water partition coefficient (Wildman–Crippen LogP) is 1.14. The SMILES string of the molecule is CC(C)C(C)(O)CNC(C)(C)CCO. The summed E-state index contributed by atoms with van der Waals surface area (Å²) >= 11 is 0. The van der Waals surface area contributed by atoms with E-state index in [4.69, 9.17) is 5.11 Å². The van der Waals surface area contributed by atoms with E-state index in [0.29, 0.717) is 13.0 Å². The van der Waals surface area contributed by atoms with Gasteiger partial charge in [-0.25, -0.2) is 0 Å². The maximum Gasteiger partial charge on any atom is 0.0766 e. The zero-order chi connectivity index (χ0) is 11.4. The first-order valence-electron chi connectivity index (χ1n) is 5.29. The Balaban J connectivity index is 4.04. The Labute approximate surface area is 87.5 Å². The molecule has 0 amide bonds. The van der Waals surface area contributed by atoms with Gasteiger partial charge >= 0.3 is 0 Å². The molecular formula is C11H25NO2. The molecule has 14 heavy (non-hydrogen) atoms. The zero-order valence-electron chi connectivity index (χ0n) is 10.1. The molecule has 3 heteroatoms. The van der Waals surface area contributed by atoms with Crippen molar-refractivity contribution in [2.45, 2.75) is 52.2 Å². The minimum absolute atomic E-state index is 0.117. The number of aliphatic hydroxyl groups is 2. The van der Waals surface area contributed by atoms with Crippen LogP contribution in [-0.4, -0.2) is 34.5 Å². The van der Waals surface area contributed by atoms with Crippen LogP contribution in [0.1, 0.15) is 41.0 Å². The molecule has 1 unspecified atom stereocenters. The van der Waals surface area contributed by atoms with Gasteiger partial charge in [0.25, 0.3) is 0 Å². The highest BCUT2D eigenvalue weighted by atomic mass is 16.3. The summed E-state index contributed by atoms with van der Waals surface area (Å²) in [6.07, 6.45) is 0.696. The number of nitrogens with one attached hydrogen (secondary N) is 1. The monoisotopic (exact) mass is 203 g/mol. The quantitative estimate of drug-likeness (QED) is 0.607. The van der Waals surface area contributed by atoms with Crippen molar-refractivity contribution >= 4 is 0 Å². The molecule has 86 valence electrons. The van der Waals surface area contributed by atoms with Crippen LogP contribution in [0, 0.1) is 5.92 Å². The first-order chi connectivity index (χ1) is 6.21. The largest absolute Gasteiger partial charge is 0.396 e. The second-order valence-electron chi connectivity index (χ2n) is 5.22. The Morgan fingerprint density at radius 1 is 1.21 bits per heavy atom. The minimum atomic E-state index is -0.688. The third kappa shape index (κ3) is 4.94. The molecular weight excluding hydrogens is 178 g/mol. The Morgan fingerprint density at radius 2 is 1.71 bits per heavy atom. The van der Waals surface area contributed by atoms with Gasteiger partial charge in [0.1, 0.15) is 0 Å². The van der Waals surface area contributed by atoms with Crippen LogP contribution >= 0.6 is 0 Å². The van der Waals surface area contributed by atoms with Crippen molar-refractivity contribution in [1.82, 2.24) is 5.32 Å². The van der Waals surface area contributed by atoms with Gasteiger partial charge in [-0.3, -0.25) is 0 Å². The van der Waals surface area contributed by atoms with E-state index in [9.17, 15) is 5.11 Å². The Morgan fingerprint density at radius 3 is 2.07 bits per heavy atom. The molecule has 0 rings (SSSR count). The fourth-order valence-corrected chi connectivity index (χ4v) is 0.990. The van der Waals surface area contributed by atoms with E-state index in [1.807, 2.05) is 34.6 Å². The van der Waals surface area contributed by atoms with Crippen LogP contribution in [-0.2, 0) is 0 Å². The molecule has 0 aromatic rings. The summed E-state index contributed by atoms with van der Waals surface area (Å²) in [6, 6.07) is 0. The van der Waals surface area contributed by atoms with E-state index >= 15 is 0 Å². The topological polar surface area (TPSA) is 52.5 Å². The highest BCUT2D eigenvalue weighted by Crippen LogP contribution is 2.17. The van der Waals surface area contributed by atoms with Crippen LogP contribution in [0.25, 0.3) is 0 Å². The van der Waals surface area contributed by atoms with E-state index in [0.717, 1.165) is 0 Å². The normalized spacial score (nSPS) is 17.1. The second-order valence-corrected chi connectivity index (χ2v) is 5.22. The maximum absolute atomic E-state index is 10.00. The van der Waals surface area contributed by atoms with Crippen LogP contribution in [0.4, 0.5) is 0 Å². The number of aliphatic hydroxyl groups excluding tert-OH is 1. The summed E-state index contributed by atoms with van der Waals surface area (Å²) in [5.74, 6) is 0.222. The van der Waals surface area contributed by atoms with Crippen LogP contribution in [0.15, 0.2) is 0 Å². The van der Waals surface area contributed by atoms with Crippen molar-refractivity contribution in [3.8, 4) is 0 Å². The molecule has 0 bridgehead atoms. The van der Waals surface area contributed by atoms with E-state index in [1.54, 1.807) is 0 Å². The van der Waals surface area contributed by atoms with Gasteiger partial charge in [-0.1, -0.05) is 13.8 Å². The van der Waals surface area contributed by atoms with Crippen molar-refractivity contribution in [1.29, 1.82) is 0 Å². The van der Waals surface area contributed by atoms with Crippen LogP contribution in [0.2, 0.25) is 0 Å². The van der Waals surface area contributed by atoms with Gasteiger partial charge in [-0.2, -0.15) is 0 Å². The molecule has 0 aliphatic heterocycles. The third-order valence-electron chi connectivity index (χ3n) is 2.91. The summed E-state index contributed by atoms with van der Waals surface area (Å²) in [5.41, 5.74) is -0.805. The van der Waals surface area contributed by atoms with Crippen molar-refractivity contribution in [2.75, 3.05) is 13.2 Å². The highest BCUT2D eigenvalue weighted by molar-refractivity contribution is 4.85. The van der Waals surface area contributed by atoms with Crippen molar-refractivity contribution < 1.29 is 10.2 Å². The fourth-order valence-electron chi connectivity index (χ4n) is 0.990. The molecule has 0 aliphatic rings. The molecule has 3 N–H and O–H groups in total. The van der Waals surface area contributed by atoms with Gasteiger partial charge in [0.2, 0.25) is 0 Å². The standard InChI is InChI=1S/C11H25NO2/c1-9(2)11(5,14)8-12-10(3,4)6-7-13/h9,12-14H,6-8H2,1-5H3. The zero-order valence-corrected chi connectivity index (χ0v) is 10.1. The van der Waals surface area contributed by atoms with Gasteiger partial charge in [0.05, 0.1) is 5.60 Å². The first kappa shape index (κ1) is 13.9. The summed E-state index contributed by atoms with van der Waals surface area (Å²) in [5, 5.41) is 22.1. The lowest BCUT2D eigenvalue weighted by Crippen LogP contribution is -2.50.